The van der Waals surface area contributed by atoms with E-state index in [-0.39, 0.29) is 5.78 Å². The molecule has 2 aromatic heterocycles. The van der Waals surface area contributed by atoms with Gasteiger partial charge in [0.2, 0.25) is 0 Å². The van der Waals surface area contributed by atoms with Gasteiger partial charge in [0, 0.05) is 11.8 Å². The van der Waals surface area contributed by atoms with Crippen molar-refractivity contribution in [2.45, 2.75) is 6.54 Å². The van der Waals surface area contributed by atoms with Crippen molar-refractivity contribution in [1.29, 1.82) is 0 Å². The number of carbonyl (C=O) groups is 1. The minimum atomic E-state index is -0.0484. The molecule has 0 bridgehead atoms. The van der Waals surface area contributed by atoms with Gasteiger partial charge >= 0.3 is 0 Å². The lowest BCUT2D eigenvalue weighted by molar-refractivity contribution is 0.105. The maximum atomic E-state index is 12.0. The largest absolute Gasteiger partial charge is 0.288 e. The first-order chi connectivity index (χ1) is 10.7. The molecule has 1 aromatic carbocycles. The molecule has 0 amide bonds. The standard InChI is InChI=1S/C17H13ClN2OS/c18-17-9-8-16(22-17)15(21)7-6-14-10-19-20(12-14)11-13-4-2-1-3-5-13/h1-10,12H,11H2/b7-6+. The number of hydrogen-bond acceptors (Lipinski definition) is 3. The van der Waals surface area contributed by atoms with Gasteiger partial charge in [0.05, 0.1) is 22.0 Å². The van der Waals surface area contributed by atoms with Crippen LogP contribution in [-0.4, -0.2) is 15.6 Å². The SMILES string of the molecule is O=C(/C=C/c1cnn(Cc2ccccc2)c1)c1ccc(Cl)s1. The molecule has 0 N–H and O–H groups in total. The van der Waals surface area contributed by atoms with Gasteiger partial charge in [-0.05, 0) is 29.8 Å². The first-order valence-electron chi connectivity index (χ1n) is 6.75. The van der Waals surface area contributed by atoms with E-state index in [2.05, 4.69) is 17.2 Å². The quantitative estimate of drug-likeness (QED) is 0.509. The molecule has 2 heterocycles. The Morgan fingerprint density at radius 2 is 2.05 bits per heavy atom. The molecule has 0 aliphatic heterocycles. The Morgan fingerprint density at radius 1 is 1.23 bits per heavy atom. The third-order valence-electron chi connectivity index (χ3n) is 3.08. The molecule has 0 aliphatic carbocycles. The van der Waals surface area contributed by atoms with E-state index >= 15 is 0 Å². The summed E-state index contributed by atoms with van der Waals surface area (Å²) in [4.78, 5) is 12.6. The molecule has 0 atom stereocenters. The van der Waals surface area contributed by atoms with Crippen LogP contribution in [0.15, 0.2) is 60.9 Å². The molecule has 110 valence electrons. The van der Waals surface area contributed by atoms with Crippen molar-refractivity contribution in [3.63, 3.8) is 0 Å². The van der Waals surface area contributed by atoms with Crippen LogP contribution in [0.25, 0.3) is 6.08 Å². The number of rotatable bonds is 5. The van der Waals surface area contributed by atoms with E-state index in [0.717, 1.165) is 5.56 Å². The average Bonchev–Trinajstić information content (AvgIpc) is 3.15. The summed E-state index contributed by atoms with van der Waals surface area (Å²) in [5.74, 6) is -0.0484. The first kappa shape index (κ1) is 14.8. The van der Waals surface area contributed by atoms with Crippen molar-refractivity contribution in [3.8, 4) is 0 Å². The monoisotopic (exact) mass is 328 g/mol. The number of ketones is 1. The molecule has 22 heavy (non-hydrogen) atoms. The summed E-state index contributed by atoms with van der Waals surface area (Å²) >= 11 is 7.11. The van der Waals surface area contributed by atoms with Crippen LogP contribution in [0, 0.1) is 0 Å². The number of halogens is 1. The molecule has 0 spiro atoms. The maximum Gasteiger partial charge on any atom is 0.195 e. The second-order valence-electron chi connectivity index (χ2n) is 4.76. The number of benzene rings is 1. The predicted octanol–water partition coefficient (Wildman–Crippen LogP) is 4.54. The van der Waals surface area contributed by atoms with Gasteiger partial charge in [-0.15, -0.1) is 11.3 Å². The van der Waals surface area contributed by atoms with Gasteiger partial charge in [0.1, 0.15) is 0 Å². The lowest BCUT2D eigenvalue weighted by Gasteiger charge is -2.00. The van der Waals surface area contributed by atoms with Gasteiger partial charge in [-0.1, -0.05) is 41.9 Å². The molecule has 0 fully saturated rings. The highest BCUT2D eigenvalue weighted by Crippen LogP contribution is 2.22. The third-order valence-corrected chi connectivity index (χ3v) is 4.33. The van der Waals surface area contributed by atoms with Gasteiger partial charge in [0.15, 0.2) is 5.78 Å². The van der Waals surface area contributed by atoms with Crippen molar-refractivity contribution < 1.29 is 4.79 Å². The predicted molar refractivity (Wildman–Crippen MR) is 90.5 cm³/mol. The molecule has 0 aliphatic rings. The van der Waals surface area contributed by atoms with Gasteiger partial charge in [-0.25, -0.2) is 0 Å². The minimum absolute atomic E-state index is 0.0484. The zero-order valence-corrected chi connectivity index (χ0v) is 13.2. The Bertz CT molecular complexity index is 805. The summed E-state index contributed by atoms with van der Waals surface area (Å²) < 4.78 is 2.47. The van der Waals surface area contributed by atoms with Crippen LogP contribution in [0.3, 0.4) is 0 Å². The van der Waals surface area contributed by atoms with Crippen molar-refractivity contribution in [3.05, 3.63) is 81.3 Å². The number of carbonyl (C=O) groups excluding carboxylic acids is 1. The molecular weight excluding hydrogens is 316 g/mol. The van der Waals surface area contributed by atoms with Crippen LogP contribution < -0.4 is 0 Å². The molecule has 3 rings (SSSR count). The minimum Gasteiger partial charge on any atom is -0.288 e. The van der Waals surface area contributed by atoms with E-state index in [1.807, 2.05) is 29.1 Å². The van der Waals surface area contributed by atoms with Crippen LogP contribution in [0.5, 0.6) is 0 Å². The normalized spacial score (nSPS) is 11.1. The Hall–Kier alpha value is -2.17. The van der Waals surface area contributed by atoms with Gasteiger partial charge in [-0.2, -0.15) is 5.10 Å². The van der Waals surface area contributed by atoms with Gasteiger partial charge in [0.25, 0.3) is 0 Å². The van der Waals surface area contributed by atoms with E-state index in [1.54, 1.807) is 30.5 Å². The molecule has 0 radical (unpaired) electrons. The number of aromatic nitrogens is 2. The smallest absolute Gasteiger partial charge is 0.195 e. The number of nitrogens with zero attached hydrogens (tertiary/aromatic N) is 2. The van der Waals surface area contributed by atoms with Crippen molar-refractivity contribution in [1.82, 2.24) is 9.78 Å². The fourth-order valence-corrected chi connectivity index (χ4v) is 2.99. The topological polar surface area (TPSA) is 34.9 Å². The van der Waals surface area contributed by atoms with E-state index in [0.29, 0.717) is 15.8 Å². The summed E-state index contributed by atoms with van der Waals surface area (Å²) in [5, 5.41) is 4.30. The highest BCUT2D eigenvalue weighted by Gasteiger charge is 2.05. The van der Waals surface area contributed by atoms with Crippen LogP contribution in [0.4, 0.5) is 0 Å². The van der Waals surface area contributed by atoms with Crippen LogP contribution in [0.2, 0.25) is 4.34 Å². The number of thiophene rings is 1. The summed E-state index contributed by atoms with van der Waals surface area (Å²) in [6, 6.07) is 13.6. The summed E-state index contributed by atoms with van der Waals surface area (Å²) in [6.07, 6.45) is 6.97. The summed E-state index contributed by atoms with van der Waals surface area (Å²) in [5.41, 5.74) is 2.08. The van der Waals surface area contributed by atoms with Crippen molar-refractivity contribution >= 4 is 34.8 Å². The maximum absolute atomic E-state index is 12.0. The summed E-state index contributed by atoms with van der Waals surface area (Å²) in [7, 11) is 0. The molecule has 0 saturated heterocycles. The highest BCUT2D eigenvalue weighted by atomic mass is 35.5. The van der Waals surface area contributed by atoms with Crippen molar-refractivity contribution in [2.24, 2.45) is 0 Å². The molecule has 5 heteroatoms. The van der Waals surface area contributed by atoms with Gasteiger partial charge in [-0.3, -0.25) is 9.48 Å². The third kappa shape index (κ3) is 3.72. The van der Waals surface area contributed by atoms with E-state index in [1.165, 1.54) is 16.9 Å². The van der Waals surface area contributed by atoms with Crippen molar-refractivity contribution in [2.75, 3.05) is 0 Å². The Labute approximate surface area is 137 Å². The van der Waals surface area contributed by atoms with E-state index in [4.69, 9.17) is 11.6 Å². The van der Waals surface area contributed by atoms with E-state index in [9.17, 15) is 4.79 Å². The summed E-state index contributed by atoms with van der Waals surface area (Å²) in [6.45, 7) is 0.711. The Kier molecular flexibility index (Phi) is 4.51. The van der Waals surface area contributed by atoms with Gasteiger partial charge < -0.3 is 0 Å². The fourth-order valence-electron chi connectivity index (χ4n) is 2.02. The Morgan fingerprint density at radius 3 is 2.77 bits per heavy atom. The first-order valence-corrected chi connectivity index (χ1v) is 7.94. The molecule has 3 aromatic rings. The second-order valence-corrected chi connectivity index (χ2v) is 6.47. The highest BCUT2D eigenvalue weighted by molar-refractivity contribution is 7.18. The van der Waals surface area contributed by atoms with Crippen LogP contribution >= 0.6 is 22.9 Å². The molecule has 0 saturated carbocycles. The average molecular weight is 329 g/mol. The van der Waals surface area contributed by atoms with E-state index < -0.39 is 0 Å². The molecule has 3 nitrogen and oxygen atoms in total. The number of allylic oxidation sites excluding steroid dienone is 1. The lowest BCUT2D eigenvalue weighted by Crippen LogP contribution is -1.99. The zero-order chi connectivity index (χ0) is 15.4. The lowest BCUT2D eigenvalue weighted by atomic mass is 10.2. The fraction of sp³-hybridized carbons (Fsp3) is 0.0588. The Balaban J connectivity index is 1.66. The second kappa shape index (κ2) is 6.73. The van der Waals surface area contributed by atoms with Crippen LogP contribution in [-0.2, 0) is 6.54 Å². The van der Waals surface area contributed by atoms with Crippen LogP contribution in [0.1, 0.15) is 20.8 Å². The zero-order valence-electron chi connectivity index (χ0n) is 11.6. The number of hydrogen-bond donors (Lipinski definition) is 0. The molecular formula is C17H13ClN2OS. The molecule has 0 unspecified atom stereocenters.